The quantitative estimate of drug-likeness (QED) is 0.134. The standard InChI is InChI=1S/C32H29N3O5S2/c1-40-27-14-8-7-13-25(27)26-19-41-32(34-26)35-30(37)28(20-9-3-2-4-10-20)42-22-17-15-21(16-18-22)33-29(36)23-11-5-6-12-24(23)31(38)39/h2-10,13-19,23-24,28H,11-12H2,1H3,(H,33,36)(H,38,39)(H,34,35,37). The Morgan fingerprint density at radius 1 is 0.929 bits per heavy atom. The van der Waals surface area contributed by atoms with Crippen LogP contribution in [0.4, 0.5) is 10.8 Å². The van der Waals surface area contributed by atoms with Crippen molar-refractivity contribution in [3.8, 4) is 17.0 Å². The van der Waals surface area contributed by atoms with Gasteiger partial charge in [-0.05, 0) is 54.8 Å². The van der Waals surface area contributed by atoms with Gasteiger partial charge in [-0.3, -0.25) is 14.4 Å². The monoisotopic (exact) mass is 599 g/mol. The molecule has 0 spiro atoms. The van der Waals surface area contributed by atoms with Crippen LogP contribution in [-0.2, 0) is 14.4 Å². The SMILES string of the molecule is COc1ccccc1-c1csc(NC(=O)C(Sc2ccc(NC(=O)C3CC=CCC3C(=O)O)cc2)c2ccccc2)n1. The van der Waals surface area contributed by atoms with Gasteiger partial charge in [-0.1, -0.05) is 54.6 Å². The fraction of sp³-hybridized carbons (Fsp3) is 0.188. The van der Waals surface area contributed by atoms with Crippen LogP contribution in [-0.4, -0.2) is 35.0 Å². The third kappa shape index (κ3) is 6.89. The van der Waals surface area contributed by atoms with Gasteiger partial charge < -0.3 is 20.5 Å². The topological polar surface area (TPSA) is 118 Å². The third-order valence-electron chi connectivity index (χ3n) is 6.92. The lowest BCUT2D eigenvalue weighted by Gasteiger charge is -2.24. The Morgan fingerprint density at radius 3 is 2.33 bits per heavy atom. The van der Waals surface area contributed by atoms with Crippen molar-refractivity contribution >= 4 is 51.7 Å². The molecule has 214 valence electrons. The lowest BCUT2D eigenvalue weighted by atomic mass is 9.82. The highest BCUT2D eigenvalue weighted by Gasteiger charge is 2.34. The van der Waals surface area contributed by atoms with E-state index in [4.69, 9.17) is 4.74 Å². The van der Waals surface area contributed by atoms with Crippen LogP contribution in [0.5, 0.6) is 5.75 Å². The number of hydrogen-bond donors (Lipinski definition) is 3. The van der Waals surface area contributed by atoms with E-state index in [2.05, 4.69) is 15.6 Å². The average Bonchev–Trinajstić information content (AvgIpc) is 3.49. The molecule has 0 bridgehead atoms. The van der Waals surface area contributed by atoms with Gasteiger partial charge in [0, 0.05) is 21.5 Å². The zero-order valence-corrected chi connectivity index (χ0v) is 24.4. The van der Waals surface area contributed by atoms with Crippen molar-refractivity contribution in [1.29, 1.82) is 0 Å². The van der Waals surface area contributed by atoms with Gasteiger partial charge in [0.05, 0.1) is 24.6 Å². The summed E-state index contributed by atoms with van der Waals surface area (Å²) in [7, 11) is 1.61. The van der Waals surface area contributed by atoms with Crippen molar-refractivity contribution in [3.05, 3.63) is 102 Å². The first-order valence-electron chi connectivity index (χ1n) is 13.3. The molecule has 1 heterocycles. The Balaban J connectivity index is 1.29. The minimum absolute atomic E-state index is 0.213. The molecule has 0 fully saturated rings. The van der Waals surface area contributed by atoms with Crippen molar-refractivity contribution in [2.24, 2.45) is 11.8 Å². The van der Waals surface area contributed by atoms with E-state index in [1.165, 1.54) is 23.1 Å². The predicted octanol–water partition coefficient (Wildman–Crippen LogP) is 6.90. The summed E-state index contributed by atoms with van der Waals surface area (Å²) in [5, 5.41) is 17.1. The highest BCUT2D eigenvalue weighted by molar-refractivity contribution is 8.00. The number of carboxylic acids is 1. The first kappa shape index (κ1) is 29.1. The molecule has 42 heavy (non-hydrogen) atoms. The number of methoxy groups -OCH3 is 1. The van der Waals surface area contributed by atoms with E-state index < -0.39 is 23.1 Å². The summed E-state index contributed by atoms with van der Waals surface area (Å²) in [6, 6.07) is 24.3. The van der Waals surface area contributed by atoms with E-state index in [-0.39, 0.29) is 11.8 Å². The average molecular weight is 600 g/mol. The van der Waals surface area contributed by atoms with E-state index in [1.807, 2.05) is 84.3 Å². The minimum Gasteiger partial charge on any atom is -0.496 e. The molecule has 1 aromatic heterocycles. The zero-order chi connectivity index (χ0) is 29.5. The van der Waals surface area contributed by atoms with Gasteiger partial charge in [0.1, 0.15) is 11.0 Å². The van der Waals surface area contributed by atoms with Gasteiger partial charge in [0.15, 0.2) is 5.13 Å². The smallest absolute Gasteiger partial charge is 0.307 e. The van der Waals surface area contributed by atoms with Crippen LogP contribution >= 0.6 is 23.1 Å². The molecular formula is C32H29N3O5S2. The molecule has 3 aromatic carbocycles. The summed E-state index contributed by atoms with van der Waals surface area (Å²) in [4.78, 5) is 43.4. The van der Waals surface area contributed by atoms with Crippen molar-refractivity contribution < 1.29 is 24.2 Å². The summed E-state index contributed by atoms with van der Waals surface area (Å²) >= 11 is 2.73. The van der Waals surface area contributed by atoms with Crippen LogP contribution in [0.1, 0.15) is 23.7 Å². The number of rotatable bonds is 10. The molecule has 10 heteroatoms. The van der Waals surface area contributed by atoms with E-state index >= 15 is 0 Å². The number of benzene rings is 3. The summed E-state index contributed by atoms with van der Waals surface area (Å²) < 4.78 is 5.45. The van der Waals surface area contributed by atoms with Crippen molar-refractivity contribution in [3.63, 3.8) is 0 Å². The number of anilines is 2. The van der Waals surface area contributed by atoms with Crippen LogP contribution in [0, 0.1) is 11.8 Å². The molecule has 5 rings (SSSR count). The molecule has 3 N–H and O–H groups in total. The molecule has 4 aromatic rings. The van der Waals surface area contributed by atoms with Gasteiger partial charge in [-0.2, -0.15) is 0 Å². The Bertz CT molecular complexity index is 1590. The van der Waals surface area contributed by atoms with Crippen molar-refractivity contribution in [2.45, 2.75) is 23.0 Å². The molecule has 8 nitrogen and oxygen atoms in total. The number of ether oxygens (including phenoxy) is 1. The number of carboxylic acid groups (broad SMARTS) is 1. The Morgan fingerprint density at radius 2 is 1.62 bits per heavy atom. The second-order valence-corrected chi connectivity index (χ2v) is 11.7. The summed E-state index contributed by atoms with van der Waals surface area (Å²) in [5.41, 5.74) is 2.96. The number of aromatic nitrogens is 1. The summed E-state index contributed by atoms with van der Waals surface area (Å²) in [6.45, 7) is 0. The van der Waals surface area contributed by atoms with Crippen LogP contribution in [0.15, 0.2) is 101 Å². The lowest BCUT2D eigenvalue weighted by Crippen LogP contribution is -2.34. The van der Waals surface area contributed by atoms with Crippen LogP contribution in [0.3, 0.4) is 0 Å². The fourth-order valence-electron chi connectivity index (χ4n) is 4.75. The van der Waals surface area contributed by atoms with E-state index in [9.17, 15) is 19.5 Å². The number of nitrogens with zero attached hydrogens (tertiary/aromatic N) is 1. The molecule has 1 aliphatic carbocycles. The van der Waals surface area contributed by atoms with E-state index in [0.717, 1.165) is 16.0 Å². The zero-order valence-electron chi connectivity index (χ0n) is 22.7. The Hall–Kier alpha value is -4.41. The fourth-order valence-corrected chi connectivity index (χ4v) is 6.49. The second kappa shape index (κ2) is 13.5. The minimum atomic E-state index is -0.967. The van der Waals surface area contributed by atoms with E-state index in [1.54, 1.807) is 19.2 Å². The maximum atomic E-state index is 13.6. The van der Waals surface area contributed by atoms with Gasteiger partial charge in [0.2, 0.25) is 11.8 Å². The van der Waals surface area contributed by atoms with Crippen LogP contribution < -0.4 is 15.4 Å². The predicted molar refractivity (Wildman–Crippen MR) is 166 cm³/mol. The highest BCUT2D eigenvalue weighted by Crippen LogP contribution is 2.38. The third-order valence-corrected chi connectivity index (χ3v) is 8.94. The van der Waals surface area contributed by atoms with Gasteiger partial charge in [0.25, 0.3) is 0 Å². The van der Waals surface area contributed by atoms with E-state index in [0.29, 0.717) is 35.1 Å². The Labute approximate surface area is 251 Å². The summed E-state index contributed by atoms with van der Waals surface area (Å²) in [5.74, 6) is -2.15. The first-order valence-corrected chi connectivity index (χ1v) is 15.1. The van der Waals surface area contributed by atoms with Gasteiger partial charge in [-0.15, -0.1) is 23.1 Å². The number of para-hydroxylation sites is 1. The number of amides is 2. The lowest BCUT2D eigenvalue weighted by molar-refractivity contribution is -0.146. The number of carbonyl (C=O) groups is 3. The first-order chi connectivity index (χ1) is 20.4. The second-order valence-electron chi connectivity index (χ2n) is 9.64. The number of hydrogen-bond acceptors (Lipinski definition) is 7. The number of aliphatic carboxylic acids is 1. The molecule has 1 aliphatic rings. The molecule has 2 amide bonds. The maximum Gasteiger partial charge on any atom is 0.307 e. The van der Waals surface area contributed by atoms with Crippen LogP contribution in [0.2, 0.25) is 0 Å². The van der Waals surface area contributed by atoms with Crippen molar-refractivity contribution in [1.82, 2.24) is 4.98 Å². The summed E-state index contributed by atoms with van der Waals surface area (Å²) in [6.07, 6.45) is 4.39. The van der Waals surface area contributed by atoms with Crippen molar-refractivity contribution in [2.75, 3.05) is 17.7 Å². The number of allylic oxidation sites excluding steroid dienone is 2. The van der Waals surface area contributed by atoms with Crippen LogP contribution in [0.25, 0.3) is 11.3 Å². The number of nitrogens with one attached hydrogen (secondary N) is 2. The normalized spacial score (nSPS) is 16.8. The largest absolute Gasteiger partial charge is 0.496 e. The molecule has 0 saturated carbocycles. The molecule has 0 aliphatic heterocycles. The molecule has 0 saturated heterocycles. The molecular weight excluding hydrogens is 571 g/mol. The number of carbonyl (C=O) groups excluding carboxylic acids is 2. The molecule has 3 unspecified atom stereocenters. The number of thioether (sulfide) groups is 1. The molecule has 3 atom stereocenters. The maximum absolute atomic E-state index is 13.6. The van der Waals surface area contributed by atoms with Gasteiger partial charge in [-0.25, -0.2) is 4.98 Å². The number of thiazole rings is 1. The Kier molecular flexibility index (Phi) is 9.35. The molecule has 0 radical (unpaired) electrons. The highest BCUT2D eigenvalue weighted by atomic mass is 32.2. The van der Waals surface area contributed by atoms with Gasteiger partial charge >= 0.3 is 5.97 Å².